The van der Waals surface area contributed by atoms with E-state index in [9.17, 15) is 53.4 Å². The van der Waals surface area contributed by atoms with Crippen LogP contribution in [-0.2, 0) is 0 Å². The van der Waals surface area contributed by atoms with E-state index in [0.29, 0.717) is 6.42 Å². The highest BCUT2D eigenvalue weighted by Gasteiger charge is 2.87. The predicted octanol–water partition coefficient (Wildman–Crippen LogP) is 6.00. The molecule has 0 aromatic heterocycles. The molecular weight excluding hydrogens is 433 g/mol. The van der Waals surface area contributed by atoms with Crippen molar-refractivity contribution in [2.45, 2.75) is 55.7 Å². The normalized spacial score (nSPS) is 15.3. The lowest BCUT2D eigenvalue weighted by Gasteiger charge is -2.37. The minimum Gasteiger partial charge on any atom is -0.494 e. The van der Waals surface area contributed by atoms with E-state index < -0.39 is 48.0 Å². The summed E-state index contributed by atoms with van der Waals surface area (Å²) in [6.07, 6.45) is -11.7. The van der Waals surface area contributed by atoms with E-state index in [2.05, 4.69) is 0 Å². The van der Waals surface area contributed by atoms with Gasteiger partial charge in [0.05, 0.1) is 12.7 Å². The van der Waals surface area contributed by atoms with Crippen molar-refractivity contribution in [1.29, 1.82) is 0 Å². The van der Waals surface area contributed by atoms with E-state index >= 15 is 0 Å². The van der Waals surface area contributed by atoms with Crippen LogP contribution in [0.3, 0.4) is 0 Å². The lowest BCUT2D eigenvalue weighted by Crippen LogP contribution is -2.66. The molecule has 0 aliphatic carbocycles. The fourth-order valence-electron chi connectivity index (χ4n) is 2.10. The highest BCUT2D eigenvalue weighted by molar-refractivity contribution is 5.28. The first-order valence-electron chi connectivity index (χ1n) is 7.91. The number of aliphatic hydroxyl groups is 1. The molecule has 0 saturated heterocycles. The van der Waals surface area contributed by atoms with Crippen molar-refractivity contribution in [2.75, 3.05) is 6.61 Å². The fourth-order valence-corrected chi connectivity index (χ4v) is 2.10. The van der Waals surface area contributed by atoms with Crippen LogP contribution in [0.15, 0.2) is 24.3 Å². The molecule has 1 unspecified atom stereocenters. The van der Waals surface area contributed by atoms with Gasteiger partial charge in [0, 0.05) is 6.42 Å². The van der Waals surface area contributed by atoms with E-state index in [4.69, 9.17) is 4.74 Å². The number of ether oxygens (including phenoxy) is 1. The van der Waals surface area contributed by atoms with Crippen molar-refractivity contribution in [2.24, 2.45) is 0 Å². The molecule has 0 saturated carbocycles. The third-order valence-corrected chi connectivity index (χ3v) is 3.79. The summed E-state index contributed by atoms with van der Waals surface area (Å²) in [5.74, 6) is -28.0. The second kappa shape index (κ2) is 8.15. The number of aliphatic hydroxyl groups excluding tert-OH is 1. The first-order chi connectivity index (χ1) is 12.9. The van der Waals surface area contributed by atoms with Gasteiger partial charge in [0.25, 0.3) is 0 Å². The third-order valence-electron chi connectivity index (χ3n) is 3.79. The molecule has 0 spiro atoms. The Morgan fingerprint density at radius 1 is 0.793 bits per heavy atom. The molecule has 1 N–H and O–H groups in total. The molecule has 1 aromatic rings. The Labute approximate surface area is 157 Å². The summed E-state index contributed by atoms with van der Waals surface area (Å²) in [5, 5.41) is 9.61. The van der Waals surface area contributed by atoms with Crippen LogP contribution < -0.4 is 4.74 Å². The van der Waals surface area contributed by atoms with E-state index in [1.807, 2.05) is 0 Å². The van der Waals surface area contributed by atoms with Crippen LogP contribution in [0, 0.1) is 0 Å². The van der Waals surface area contributed by atoms with E-state index in [1.54, 1.807) is 6.92 Å². The Morgan fingerprint density at radius 2 is 1.28 bits per heavy atom. The predicted molar refractivity (Wildman–Crippen MR) is 77.6 cm³/mol. The summed E-state index contributed by atoms with van der Waals surface area (Å²) in [5.41, 5.74) is -0.504. The summed E-state index contributed by atoms with van der Waals surface area (Å²) in [7, 11) is 0. The van der Waals surface area contributed by atoms with Gasteiger partial charge in [-0.1, -0.05) is 19.1 Å². The van der Waals surface area contributed by atoms with E-state index in [-0.39, 0.29) is 12.4 Å². The van der Waals surface area contributed by atoms with Gasteiger partial charge in [-0.15, -0.1) is 0 Å². The minimum absolute atomic E-state index is 0.191. The molecule has 0 aliphatic heterocycles. The quantitative estimate of drug-likeness (QED) is 0.470. The number of halogens is 11. The van der Waals surface area contributed by atoms with Crippen molar-refractivity contribution in [1.82, 2.24) is 0 Å². The zero-order valence-electron chi connectivity index (χ0n) is 14.5. The van der Waals surface area contributed by atoms with Crippen LogP contribution in [0.4, 0.5) is 48.3 Å². The van der Waals surface area contributed by atoms with Gasteiger partial charge in [0.15, 0.2) is 0 Å². The van der Waals surface area contributed by atoms with Gasteiger partial charge in [-0.05, 0) is 24.1 Å². The van der Waals surface area contributed by atoms with Crippen LogP contribution >= 0.6 is 0 Å². The summed E-state index contributed by atoms with van der Waals surface area (Å²) >= 11 is 0. The SMILES string of the molecule is CCCOc1ccc(C(O)CC(F)(F)C(F)(F)C(F)(F)C(F)(F)C(F)(F)F)cc1. The fraction of sp³-hybridized carbons (Fsp3) is 0.625. The molecule has 13 heteroatoms. The third kappa shape index (κ3) is 4.69. The maximum Gasteiger partial charge on any atom is 0.460 e. The Hall–Kier alpha value is -1.79. The lowest BCUT2D eigenvalue weighted by molar-refractivity contribution is -0.423. The zero-order chi connectivity index (χ0) is 22.9. The summed E-state index contributed by atoms with van der Waals surface area (Å²) in [6, 6.07) is 4.06. The molecule has 1 aromatic carbocycles. The first-order valence-corrected chi connectivity index (χ1v) is 7.91. The van der Waals surface area contributed by atoms with Gasteiger partial charge in [-0.2, -0.15) is 48.3 Å². The monoisotopic (exact) mass is 448 g/mol. The maximum atomic E-state index is 13.7. The van der Waals surface area contributed by atoms with Gasteiger partial charge in [0.2, 0.25) is 0 Å². The van der Waals surface area contributed by atoms with Crippen LogP contribution in [0.2, 0.25) is 0 Å². The van der Waals surface area contributed by atoms with Crippen LogP contribution in [0.5, 0.6) is 5.75 Å². The molecule has 1 rings (SSSR count). The van der Waals surface area contributed by atoms with Gasteiger partial charge in [-0.25, -0.2) is 0 Å². The van der Waals surface area contributed by atoms with Crippen LogP contribution in [-0.4, -0.2) is 41.6 Å². The van der Waals surface area contributed by atoms with E-state index in [0.717, 1.165) is 24.3 Å². The van der Waals surface area contributed by atoms with Gasteiger partial charge < -0.3 is 9.84 Å². The molecule has 0 heterocycles. The Balaban J connectivity index is 3.10. The largest absolute Gasteiger partial charge is 0.494 e. The zero-order valence-corrected chi connectivity index (χ0v) is 14.5. The van der Waals surface area contributed by atoms with Crippen LogP contribution in [0.1, 0.15) is 31.4 Å². The van der Waals surface area contributed by atoms with Crippen molar-refractivity contribution in [3.05, 3.63) is 29.8 Å². The average molecular weight is 448 g/mol. The Bertz CT molecular complexity index is 668. The molecule has 168 valence electrons. The number of hydrogen-bond acceptors (Lipinski definition) is 2. The molecule has 0 radical (unpaired) electrons. The van der Waals surface area contributed by atoms with Crippen LogP contribution in [0.25, 0.3) is 0 Å². The molecule has 0 amide bonds. The maximum absolute atomic E-state index is 13.7. The smallest absolute Gasteiger partial charge is 0.460 e. The van der Waals surface area contributed by atoms with Gasteiger partial charge >= 0.3 is 29.9 Å². The molecule has 0 fully saturated rings. The molecule has 2 nitrogen and oxygen atoms in total. The number of benzene rings is 1. The highest BCUT2D eigenvalue weighted by atomic mass is 19.4. The Morgan fingerprint density at radius 3 is 1.69 bits per heavy atom. The minimum atomic E-state index is -7.49. The molecule has 0 bridgehead atoms. The van der Waals surface area contributed by atoms with E-state index in [1.165, 1.54) is 0 Å². The first kappa shape index (κ1) is 25.2. The van der Waals surface area contributed by atoms with Crippen molar-refractivity contribution >= 4 is 0 Å². The van der Waals surface area contributed by atoms with Crippen molar-refractivity contribution < 1.29 is 58.1 Å². The second-order valence-electron chi connectivity index (χ2n) is 6.06. The summed E-state index contributed by atoms with van der Waals surface area (Å²) in [6.45, 7) is 2.02. The average Bonchev–Trinajstić information content (AvgIpc) is 2.58. The standard InChI is InChI=1S/C16H15F11O2/c1-2-7-29-10-5-3-9(4-6-10)11(28)8-12(17,18)13(19,20)14(21,22)15(23,24)16(25,26)27/h3-6,11,28H,2,7-8H2,1H3. The Kier molecular flexibility index (Phi) is 7.09. The van der Waals surface area contributed by atoms with Gasteiger partial charge in [-0.3, -0.25) is 0 Å². The summed E-state index contributed by atoms with van der Waals surface area (Å²) in [4.78, 5) is 0. The molecule has 0 aliphatic rings. The number of hydrogen-bond donors (Lipinski definition) is 1. The molecule has 29 heavy (non-hydrogen) atoms. The molecular formula is C16H15F11O2. The van der Waals surface area contributed by atoms with Crippen molar-refractivity contribution in [3.63, 3.8) is 0 Å². The lowest BCUT2D eigenvalue weighted by atomic mass is 9.92. The topological polar surface area (TPSA) is 29.5 Å². The molecule has 1 atom stereocenters. The second-order valence-corrected chi connectivity index (χ2v) is 6.06. The number of alkyl halides is 11. The van der Waals surface area contributed by atoms with Gasteiger partial charge in [0.1, 0.15) is 5.75 Å². The highest BCUT2D eigenvalue weighted by Crippen LogP contribution is 2.58. The summed E-state index contributed by atoms with van der Waals surface area (Å²) < 4.78 is 147. The number of rotatable bonds is 9. The van der Waals surface area contributed by atoms with Crippen molar-refractivity contribution in [3.8, 4) is 5.75 Å².